The molecule has 2 amide bonds. The van der Waals surface area contributed by atoms with Crippen molar-refractivity contribution < 1.29 is 23.1 Å². The Morgan fingerprint density at radius 2 is 2.05 bits per heavy atom. The monoisotopic (exact) mass is 312 g/mol. The van der Waals surface area contributed by atoms with Crippen molar-refractivity contribution in [1.29, 1.82) is 0 Å². The van der Waals surface area contributed by atoms with Crippen LogP contribution in [0.4, 0.5) is 14.5 Å². The third kappa shape index (κ3) is 3.79. The van der Waals surface area contributed by atoms with E-state index in [-0.39, 0.29) is 30.6 Å². The van der Waals surface area contributed by atoms with Crippen molar-refractivity contribution in [2.24, 2.45) is 5.92 Å². The summed E-state index contributed by atoms with van der Waals surface area (Å²) in [4.78, 5) is 25.7. The number of carbonyl (C=O) groups excluding carboxylic acids is 2. The second-order valence-electron chi connectivity index (χ2n) is 5.40. The second kappa shape index (κ2) is 6.83. The summed E-state index contributed by atoms with van der Waals surface area (Å²) in [5.74, 6) is -2.64. The van der Waals surface area contributed by atoms with Gasteiger partial charge < -0.3 is 15.0 Å². The molecule has 0 aliphatic carbocycles. The van der Waals surface area contributed by atoms with Gasteiger partial charge in [0.1, 0.15) is 11.6 Å². The number of nitrogens with zero attached hydrogens (tertiary/aromatic N) is 1. The van der Waals surface area contributed by atoms with E-state index >= 15 is 0 Å². The van der Waals surface area contributed by atoms with Crippen LogP contribution in [0.25, 0.3) is 0 Å². The van der Waals surface area contributed by atoms with Crippen molar-refractivity contribution in [3.8, 4) is 0 Å². The number of carbonyl (C=O) groups is 2. The van der Waals surface area contributed by atoms with Gasteiger partial charge >= 0.3 is 0 Å². The van der Waals surface area contributed by atoms with Gasteiger partial charge in [0.05, 0.1) is 18.6 Å². The lowest BCUT2D eigenvalue weighted by Gasteiger charge is -2.23. The van der Waals surface area contributed by atoms with Gasteiger partial charge in [-0.05, 0) is 19.1 Å². The smallest absolute Gasteiger partial charge is 0.229 e. The lowest BCUT2D eigenvalue weighted by Crippen LogP contribution is -2.38. The second-order valence-corrected chi connectivity index (χ2v) is 5.40. The van der Waals surface area contributed by atoms with Gasteiger partial charge in [-0.1, -0.05) is 0 Å². The maximum absolute atomic E-state index is 13.1. The summed E-state index contributed by atoms with van der Waals surface area (Å²) in [7, 11) is 1.54. The first-order valence-corrected chi connectivity index (χ1v) is 6.96. The molecule has 0 radical (unpaired) electrons. The fourth-order valence-electron chi connectivity index (χ4n) is 2.53. The number of likely N-dealkylation sites (tertiary alicyclic amines) is 1. The summed E-state index contributed by atoms with van der Waals surface area (Å²) in [6, 6.07) is 2.66. The third-order valence-corrected chi connectivity index (χ3v) is 3.60. The number of anilines is 1. The topological polar surface area (TPSA) is 58.6 Å². The number of amides is 2. The highest BCUT2D eigenvalue weighted by atomic mass is 19.1. The molecule has 1 aliphatic rings. The number of halogens is 2. The zero-order chi connectivity index (χ0) is 16.3. The van der Waals surface area contributed by atoms with Crippen LogP contribution in [0.3, 0.4) is 0 Å². The summed E-state index contributed by atoms with van der Waals surface area (Å²) < 4.78 is 31.2. The van der Waals surface area contributed by atoms with E-state index in [4.69, 9.17) is 4.74 Å². The predicted octanol–water partition coefficient (Wildman–Crippen LogP) is 1.79. The molecule has 7 heteroatoms. The van der Waals surface area contributed by atoms with Gasteiger partial charge in [-0.3, -0.25) is 9.59 Å². The van der Waals surface area contributed by atoms with Gasteiger partial charge in [-0.25, -0.2) is 8.78 Å². The first-order chi connectivity index (χ1) is 10.4. The van der Waals surface area contributed by atoms with E-state index in [2.05, 4.69) is 5.32 Å². The van der Waals surface area contributed by atoms with Crippen LogP contribution < -0.4 is 5.32 Å². The molecule has 1 N–H and O–H groups in total. The minimum atomic E-state index is -0.770. The van der Waals surface area contributed by atoms with Gasteiger partial charge in [0, 0.05) is 31.8 Å². The Morgan fingerprint density at radius 3 is 2.64 bits per heavy atom. The van der Waals surface area contributed by atoms with Crippen LogP contribution in [0.1, 0.15) is 13.3 Å². The molecule has 2 rings (SSSR count). The highest BCUT2D eigenvalue weighted by Crippen LogP contribution is 2.22. The maximum Gasteiger partial charge on any atom is 0.229 e. The number of rotatable bonds is 5. The summed E-state index contributed by atoms with van der Waals surface area (Å²) >= 11 is 0. The quantitative estimate of drug-likeness (QED) is 0.902. The van der Waals surface area contributed by atoms with Gasteiger partial charge in [-0.15, -0.1) is 0 Å². The van der Waals surface area contributed by atoms with Crippen LogP contribution in [0.15, 0.2) is 18.2 Å². The molecule has 0 aromatic heterocycles. The van der Waals surface area contributed by atoms with Gasteiger partial charge in [0.25, 0.3) is 0 Å². The van der Waals surface area contributed by atoms with E-state index in [1.165, 1.54) is 0 Å². The largest absolute Gasteiger partial charge is 0.383 e. The molecule has 1 aliphatic heterocycles. The van der Waals surface area contributed by atoms with E-state index < -0.39 is 23.5 Å². The van der Waals surface area contributed by atoms with Crippen molar-refractivity contribution in [3.63, 3.8) is 0 Å². The highest BCUT2D eigenvalue weighted by Gasteiger charge is 2.36. The fourth-order valence-corrected chi connectivity index (χ4v) is 2.53. The van der Waals surface area contributed by atoms with Crippen LogP contribution >= 0.6 is 0 Å². The Bertz CT molecular complexity index is 560. The fraction of sp³-hybridized carbons (Fsp3) is 0.467. The van der Waals surface area contributed by atoms with Gasteiger partial charge in [0.2, 0.25) is 11.8 Å². The van der Waals surface area contributed by atoms with Crippen LogP contribution in [0.2, 0.25) is 0 Å². The molecule has 0 spiro atoms. The summed E-state index contributed by atoms with van der Waals surface area (Å²) in [6.45, 7) is 2.49. The minimum absolute atomic E-state index is 0.0401. The molecule has 1 aromatic carbocycles. The van der Waals surface area contributed by atoms with Crippen molar-refractivity contribution in [3.05, 3.63) is 29.8 Å². The van der Waals surface area contributed by atoms with E-state index in [0.717, 1.165) is 18.2 Å². The molecular formula is C15H18F2N2O3. The zero-order valence-corrected chi connectivity index (χ0v) is 12.4. The Balaban J connectivity index is 2.00. The average Bonchev–Trinajstić information content (AvgIpc) is 2.80. The summed E-state index contributed by atoms with van der Waals surface area (Å²) in [5.41, 5.74) is 0.0401. The number of nitrogens with one attached hydrogen (secondary N) is 1. The van der Waals surface area contributed by atoms with Crippen LogP contribution in [-0.2, 0) is 14.3 Å². The summed E-state index contributed by atoms with van der Waals surface area (Å²) in [6.07, 6.45) is 0.0810. The van der Waals surface area contributed by atoms with Crippen molar-refractivity contribution in [2.75, 3.05) is 25.6 Å². The van der Waals surface area contributed by atoms with Crippen molar-refractivity contribution in [2.45, 2.75) is 19.4 Å². The molecule has 1 aromatic rings. The molecule has 0 unspecified atom stereocenters. The number of benzene rings is 1. The molecule has 1 heterocycles. The SMILES string of the molecule is COC[C@H](C)N1C[C@H](C(=O)Nc2cc(F)cc(F)c2)CC1=O. The van der Waals surface area contributed by atoms with Crippen LogP contribution in [-0.4, -0.2) is 43.0 Å². The standard InChI is InChI=1S/C15H18F2N2O3/c1-9(8-22-2)19-7-10(3-14(19)20)15(21)18-13-5-11(16)4-12(17)6-13/h4-6,9-10H,3,7-8H2,1-2H3,(H,18,21)/t9-,10+/m0/s1. The number of hydrogen-bond donors (Lipinski definition) is 1. The van der Waals surface area contributed by atoms with E-state index in [1.54, 1.807) is 12.0 Å². The third-order valence-electron chi connectivity index (χ3n) is 3.60. The molecule has 1 saturated heterocycles. The Morgan fingerprint density at radius 1 is 1.41 bits per heavy atom. The molecular weight excluding hydrogens is 294 g/mol. The Kier molecular flexibility index (Phi) is 5.07. The molecule has 0 bridgehead atoms. The lowest BCUT2D eigenvalue weighted by molar-refractivity contribution is -0.130. The molecule has 1 fully saturated rings. The van der Waals surface area contributed by atoms with Crippen molar-refractivity contribution in [1.82, 2.24) is 4.90 Å². The van der Waals surface area contributed by atoms with E-state index in [1.807, 2.05) is 6.92 Å². The Labute approximate surface area is 127 Å². The number of hydrogen-bond acceptors (Lipinski definition) is 3. The highest BCUT2D eigenvalue weighted by molar-refractivity contribution is 5.97. The van der Waals surface area contributed by atoms with Gasteiger partial charge in [-0.2, -0.15) is 0 Å². The first-order valence-electron chi connectivity index (χ1n) is 6.96. The Hall–Kier alpha value is -2.02. The van der Waals surface area contributed by atoms with E-state index in [9.17, 15) is 18.4 Å². The normalized spacial score (nSPS) is 19.4. The molecule has 120 valence electrons. The lowest BCUT2D eigenvalue weighted by atomic mass is 10.1. The minimum Gasteiger partial charge on any atom is -0.383 e. The average molecular weight is 312 g/mol. The van der Waals surface area contributed by atoms with Gasteiger partial charge in [0.15, 0.2) is 0 Å². The number of ether oxygens (including phenoxy) is 1. The molecule has 5 nitrogen and oxygen atoms in total. The predicted molar refractivity (Wildman–Crippen MR) is 76.1 cm³/mol. The number of methoxy groups -OCH3 is 1. The maximum atomic E-state index is 13.1. The van der Waals surface area contributed by atoms with E-state index in [0.29, 0.717) is 6.61 Å². The molecule has 22 heavy (non-hydrogen) atoms. The molecule has 0 saturated carbocycles. The van der Waals surface area contributed by atoms with Crippen LogP contribution in [0, 0.1) is 17.6 Å². The van der Waals surface area contributed by atoms with Crippen molar-refractivity contribution >= 4 is 17.5 Å². The summed E-state index contributed by atoms with van der Waals surface area (Å²) in [5, 5.41) is 2.45. The zero-order valence-electron chi connectivity index (χ0n) is 12.4. The van der Waals surface area contributed by atoms with Crippen LogP contribution in [0.5, 0.6) is 0 Å². The molecule has 2 atom stereocenters. The first kappa shape index (κ1) is 16.4.